The molecule has 100 valence electrons. The molecule has 0 saturated heterocycles. The van der Waals surface area contributed by atoms with Gasteiger partial charge < -0.3 is 9.52 Å². The minimum Gasteiger partial charge on any atom is -0.477 e. The van der Waals surface area contributed by atoms with E-state index in [4.69, 9.17) is 9.52 Å². The molecule has 0 fully saturated rings. The average molecular weight is 344 g/mol. The highest BCUT2D eigenvalue weighted by atomic mass is 79.9. The lowest BCUT2D eigenvalue weighted by Crippen LogP contribution is -1.97. The molecule has 0 aliphatic carbocycles. The summed E-state index contributed by atoms with van der Waals surface area (Å²) in [6.07, 6.45) is 2.14. The Morgan fingerprint density at radius 3 is 2.95 bits per heavy atom. The molecule has 6 nitrogen and oxygen atoms in total. The normalized spacial score (nSPS) is 11.8. The van der Waals surface area contributed by atoms with Gasteiger partial charge in [0.15, 0.2) is 4.67 Å². The number of thioether (sulfide) groups is 1. The van der Waals surface area contributed by atoms with Crippen molar-refractivity contribution in [2.24, 2.45) is 0 Å². The van der Waals surface area contributed by atoms with E-state index < -0.39 is 5.97 Å². The van der Waals surface area contributed by atoms with Gasteiger partial charge in [-0.2, -0.15) is 0 Å². The minimum atomic E-state index is -1.06. The van der Waals surface area contributed by atoms with Gasteiger partial charge in [0.1, 0.15) is 16.5 Å². The van der Waals surface area contributed by atoms with E-state index in [-0.39, 0.29) is 4.91 Å². The number of aliphatic carboxylic acids is 1. The number of aromatic nitrogens is 3. The van der Waals surface area contributed by atoms with Crippen molar-refractivity contribution in [3.05, 3.63) is 33.3 Å². The zero-order valence-electron chi connectivity index (χ0n) is 9.88. The lowest BCUT2D eigenvalue weighted by molar-refractivity contribution is -0.131. The zero-order valence-corrected chi connectivity index (χ0v) is 12.3. The standard InChI is InChI=1S/C11H10BrN3O3S/c1-2-9-13-11(15-14-9)19-7(10(16)17)5-6-3-4-8(12)18-6/h3-5H,2H2,1H3,(H,16,17)(H,13,14,15)/b7-5-. The molecule has 2 aromatic heterocycles. The summed E-state index contributed by atoms with van der Waals surface area (Å²) in [4.78, 5) is 15.4. The number of halogens is 1. The second kappa shape index (κ2) is 6.07. The number of carboxylic acids is 1. The monoisotopic (exact) mass is 343 g/mol. The molecule has 19 heavy (non-hydrogen) atoms. The van der Waals surface area contributed by atoms with Crippen LogP contribution in [0.25, 0.3) is 6.08 Å². The van der Waals surface area contributed by atoms with Gasteiger partial charge in [-0.3, -0.25) is 5.10 Å². The number of H-pyrrole nitrogens is 1. The lowest BCUT2D eigenvalue weighted by atomic mass is 10.4. The lowest BCUT2D eigenvalue weighted by Gasteiger charge is -1.96. The van der Waals surface area contributed by atoms with E-state index in [2.05, 4.69) is 31.1 Å². The van der Waals surface area contributed by atoms with Gasteiger partial charge in [0, 0.05) is 12.5 Å². The molecule has 0 aliphatic heterocycles. The number of aryl methyl sites for hydroxylation is 1. The van der Waals surface area contributed by atoms with Gasteiger partial charge in [-0.1, -0.05) is 6.92 Å². The molecular weight excluding hydrogens is 334 g/mol. The first-order valence-electron chi connectivity index (χ1n) is 5.38. The van der Waals surface area contributed by atoms with Crippen molar-refractivity contribution in [1.82, 2.24) is 15.2 Å². The Kier molecular flexibility index (Phi) is 4.43. The molecule has 0 bridgehead atoms. The molecule has 0 radical (unpaired) electrons. The van der Waals surface area contributed by atoms with Gasteiger partial charge in [-0.15, -0.1) is 5.10 Å². The maximum atomic E-state index is 11.2. The third kappa shape index (κ3) is 3.71. The molecule has 0 amide bonds. The molecule has 2 rings (SSSR count). The number of rotatable bonds is 5. The van der Waals surface area contributed by atoms with Gasteiger partial charge in [-0.05, 0) is 39.8 Å². The predicted molar refractivity (Wildman–Crippen MR) is 73.6 cm³/mol. The first kappa shape index (κ1) is 13.9. The molecule has 0 saturated carbocycles. The summed E-state index contributed by atoms with van der Waals surface area (Å²) in [6.45, 7) is 1.93. The Balaban J connectivity index is 2.21. The number of nitrogens with zero attached hydrogens (tertiary/aromatic N) is 2. The number of carboxylic acid groups (broad SMARTS) is 1. The third-order valence-electron chi connectivity index (χ3n) is 2.13. The van der Waals surface area contributed by atoms with E-state index in [1.54, 1.807) is 12.1 Å². The number of hydrogen-bond donors (Lipinski definition) is 2. The molecule has 2 aromatic rings. The molecule has 0 spiro atoms. The summed E-state index contributed by atoms with van der Waals surface area (Å²) in [5.74, 6) is 0.108. The van der Waals surface area contributed by atoms with E-state index in [0.717, 1.165) is 11.8 Å². The van der Waals surface area contributed by atoms with Crippen LogP contribution in [0.3, 0.4) is 0 Å². The fraction of sp³-hybridized carbons (Fsp3) is 0.182. The Morgan fingerprint density at radius 1 is 1.63 bits per heavy atom. The van der Waals surface area contributed by atoms with E-state index in [1.165, 1.54) is 6.08 Å². The number of aromatic amines is 1. The first-order valence-corrected chi connectivity index (χ1v) is 6.99. The van der Waals surface area contributed by atoms with Crippen molar-refractivity contribution in [1.29, 1.82) is 0 Å². The van der Waals surface area contributed by atoms with Crippen molar-refractivity contribution < 1.29 is 14.3 Å². The Labute approximate surface area is 121 Å². The van der Waals surface area contributed by atoms with Gasteiger partial charge in [-0.25, -0.2) is 9.78 Å². The molecule has 0 unspecified atom stereocenters. The summed E-state index contributed by atoms with van der Waals surface area (Å²) >= 11 is 4.13. The Hall–Kier alpha value is -1.54. The van der Waals surface area contributed by atoms with Gasteiger partial charge in [0.2, 0.25) is 5.16 Å². The molecule has 0 aliphatic rings. The topological polar surface area (TPSA) is 92.0 Å². The van der Waals surface area contributed by atoms with E-state index in [9.17, 15) is 4.79 Å². The van der Waals surface area contributed by atoms with Crippen molar-refractivity contribution in [2.45, 2.75) is 18.5 Å². The average Bonchev–Trinajstić information content (AvgIpc) is 2.97. The summed E-state index contributed by atoms with van der Waals surface area (Å²) in [7, 11) is 0. The zero-order chi connectivity index (χ0) is 13.8. The largest absolute Gasteiger partial charge is 0.477 e. The molecule has 0 aromatic carbocycles. The van der Waals surface area contributed by atoms with Crippen LogP contribution in [-0.2, 0) is 11.2 Å². The molecular formula is C11H10BrN3O3S. The number of nitrogens with one attached hydrogen (secondary N) is 1. The van der Waals surface area contributed by atoms with E-state index in [0.29, 0.717) is 27.8 Å². The maximum Gasteiger partial charge on any atom is 0.342 e. The predicted octanol–water partition coefficient (Wildman–Crippen LogP) is 2.94. The van der Waals surface area contributed by atoms with Gasteiger partial charge >= 0.3 is 5.97 Å². The minimum absolute atomic E-state index is 0.0866. The van der Waals surface area contributed by atoms with Crippen LogP contribution in [0.5, 0.6) is 0 Å². The van der Waals surface area contributed by atoms with Crippen LogP contribution in [0, 0.1) is 0 Å². The first-order chi connectivity index (χ1) is 9.08. The molecule has 8 heteroatoms. The second-order valence-electron chi connectivity index (χ2n) is 3.48. The SMILES string of the molecule is CCc1nc(S/C(=C\c2ccc(Br)o2)C(=O)O)n[nH]1. The van der Waals surface area contributed by atoms with Gasteiger partial charge in [0.25, 0.3) is 0 Å². The summed E-state index contributed by atoms with van der Waals surface area (Å²) in [5, 5.41) is 16.2. The molecule has 2 heterocycles. The quantitative estimate of drug-likeness (QED) is 0.640. The van der Waals surface area contributed by atoms with Crippen LogP contribution in [0.1, 0.15) is 18.5 Å². The van der Waals surface area contributed by atoms with Gasteiger partial charge in [0.05, 0.1) is 0 Å². The van der Waals surface area contributed by atoms with E-state index in [1.807, 2.05) is 6.92 Å². The van der Waals surface area contributed by atoms with Crippen LogP contribution < -0.4 is 0 Å². The Morgan fingerprint density at radius 2 is 2.42 bits per heavy atom. The second-order valence-corrected chi connectivity index (χ2v) is 5.27. The van der Waals surface area contributed by atoms with Crippen molar-refractivity contribution in [3.8, 4) is 0 Å². The fourth-order valence-electron chi connectivity index (χ4n) is 1.25. The molecule has 2 N–H and O–H groups in total. The van der Waals surface area contributed by atoms with Crippen molar-refractivity contribution in [3.63, 3.8) is 0 Å². The third-order valence-corrected chi connectivity index (χ3v) is 3.43. The molecule has 0 atom stereocenters. The number of furan rings is 1. The van der Waals surface area contributed by atoms with Crippen LogP contribution in [0.2, 0.25) is 0 Å². The summed E-state index contributed by atoms with van der Waals surface area (Å²) < 4.78 is 5.78. The van der Waals surface area contributed by atoms with E-state index >= 15 is 0 Å². The number of carbonyl (C=O) groups is 1. The van der Waals surface area contributed by atoms with Crippen molar-refractivity contribution in [2.75, 3.05) is 0 Å². The van der Waals surface area contributed by atoms with Crippen molar-refractivity contribution >= 4 is 39.7 Å². The fourth-order valence-corrected chi connectivity index (χ4v) is 2.28. The maximum absolute atomic E-state index is 11.2. The highest BCUT2D eigenvalue weighted by Crippen LogP contribution is 2.27. The highest BCUT2D eigenvalue weighted by Gasteiger charge is 2.14. The van der Waals surface area contributed by atoms with Crippen LogP contribution in [-0.4, -0.2) is 26.3 Å². The van der Waals surface area contributed by atoms with Crippen LogP contribution >= 0.6 is 27.7 Å². The smallest absolute Gasteiger partial charge is 0.342 e. The number of hydrogen-bond acceptors (Lipinski definition) is 5. The van der Waals surface area contributed by atoms with Crippen LogP contribution in [0.15, 0.2) is 31.3 Å². The summed E-state index contributed by atoms with van der Waals surface area (Å²) in [5.41, 5.74) is 0. The summed E-state index contributed by atoms with van der Waals surface area (Å²) in [6, 6.07) is 3.36. The van der Waals surface area contributed by atoms with Crippen LogP contribution in [0.4, 0.5) is 0 Å². The highest BCUT2D eigenvalue weighted by molar-refractivity contribution is 9.10. The Bertz CT molecular complexity index is 620.